The van der Waals surface area contributed by atoms with Crippen LogP contribution in [0.15, 0.2) is 18.2 Å². The average molecular weight is 297 g/mol. The maximum absolute atomic E-state index is 5.75. The Kier molecular flexibility index (Phi) is 9.40. The lowest BCUT2D eigenvalue weighted by Gasteiger charge is -2.14. The zero-order chi connectivity index (χ0) is 15.3. The van der Waals surface area contributed by atoms with Crippen molar-refractivity contribution in [2.75, 3.05) is 40.6 Å². The Balaban J connectivity index is 2.20. The molecule has 5 heteroatoms. The van der Waals surface area contributed by atoms with Crippen molar-refractivity contribution in [1.29, 1.82) is 0 Å². The SMILES string of the molecule is COc1cccc(OC)c1OCCCOCCCCCN. The number of para-hydroxylation sites is 1. The molecule has 0 radical (unpaired) electrons. The molecule has 0 heterocycles. The number of hydrogen-bond acceptors (Lipinski definition) is 5. The van der Waals surface area contributed by atoms with Crippen LogP contribution in [0.1, 0.15) is 25.7 Å². The van der Waals surface area contributed by atoms with Crippen LogP contribution in [0.3, 0.4) is 0 Å². The molecule has 0 bridgehead atoms. The fourth-order valence-corrected chi connectivity index (χ4v) is 1.92. The van der Waals surface area contributed by atoms with E-state index in [-0.39, 0.29) is 0 Å². The van der Waals surface area contributed by atoms with Crippen molar-refractivity contribution >= 4 is 0 Å². The van der Waals surface area contributed by atoms with E-state index in [1.165, 1.54) is 0 Å². The highest BCUT2D eigenvalue weighted by atomic mass is 16.5. The summed E-state index contributed by atoms with van der Waals surface area (Å²) in [6.07, 6.45) is 4.10. The van der Waals surface area contributed by atoms with Crippen molar-refractivity contribution in [2.45, 2.75) is 25.7 Å². The highest BCUT2D eigenvalue weighted by molar-refractivity contribution is 5.51. The summed E-state index contributed by atoms with van der Waals surface area (Å²) in [5.74, 6) is 2.00. The molecule has 5 nitrogen and oxygen atoms in total. The summed E-state index contributed by atoms with van der Waals surface area (Å²) < 4.78 is 21.8. The van der Waals surface area contributed by atoms with Gasteiger partial charge in [0.2, 0.25) is 5.75 Å². The van der Waals surface area contributed by atoms with Crippen LogP contribution in [0.4, 0.5) is 0 Å². The minimum atomic E-state index is 0.569. The van der Waals surface area contributed by atoms with Crippen LogP contribution in [0.25, 0.3) is 0 Å². The largest absolute Gasteiger partial charge is 0.493 e. The molecule has 0 aliphatic heterocycles. The van der Waals surface area contributed by atoms with Gasteiger partial charge in [0.15, 0.2) is 11.5 Å². The fraction of sp³-hybridized carbons (Fsp3) is 0.625. The molecule has 0 spiro atoms. The van der Waals surface area contributed by atoms with Crippen molar-refractivity contribution in [3.8, 4) is 17.2 Å². The van der Waals surface area contributed by atoms with Gasteiger partial charge in [-0.25, -0.2) is 0 Å². The zero-order valence-electron chi connectivity index (χ0n) is 13.1. The monoisotopic (exact) mass is 297 g/mol. The van der Waals surface area contributed by atoms with Gasteiger partial charge in [0, 0.05) is 19.6 Å². The van der Waals surface area contributed by atoms with E-state index in [9.17, 15) is 0 Å². The Morgan fingerprint density at radius 2 is 1.52 bits per heavy atom. The highest BCUT2D eigenvalue weighted by Gasteiger charge is 2.10. The van der Waals surface area contributed by atoms with E-state index >= 15 is 0 Å². The van der Waals surface area contributed by atoms with E-state index in [1.807, 2.05) is 18.2 Å². The summed E-state index contributed by atoms with van der Waals surface area (Å²) in [5, 5.41) is 0. The van der Waals surface area contributed by atoms with E-state index < -0.39 is 0 Å². The van der Waals surface area contributed by atoms with Gasteiger partial charge < -0.3 is 24.7 Å². The van der Waals surface area contributed by atoms with Gasteiger partial charge >= 0.3 is 0 Å². The Bertz CT molecular complexity index is 362. The second-order valence-corrected chi connectivity index (χ2v) is 4.66. The summed E-state index contributed by atoms with van der Waals surface area (Å²) >= 11 is 0. The normalized spacial score (nSPS) is 10.4. The van der Waals surface area contributed by atoms with E-state index in [4.69, 9.17) is 24.7 Å². The van der Waals surface area contributed by atoms with Gasteiger partial charge in [-0.1, -0.05) is 6.07 Å². The summed E-state index contributed by atoms with van der Waals surface area (Å²) in [6.45, 7) is 2.81. The Morgan fingerprint density at radius 1 is 0.857 bits per heavy atom. The van der Waals surface area contributed by atoms with Crippen molar-refractivity contribution in [1.82, 2.24) is 0 Å². The first-order valence-corrected chi connectivity index (χ1v) is 7.45. The quantitative estimate of drug-likeness (QED) is 0.601. The molecule has 1 aromatic carbocycles. The molecule has 0 unspecified atom stereocenters. The first-order valence-electron chi connectivity index (χ1n) is 7.45. The van der Waals surface area contributed by atoms with Gasteiger partial charge in [-0.15, -0.1) is 0 Å². The van der Waals surface area contributed by atoms with Crippen LogP contribution in [0.2, 0.25) is 0 Å². The minimum absolute atomic E-state index is 0.569. The van der Waals surface area contributed by atoms with Gasteiger partial charge in [0.1, 0.15) is 0 Å². The van der Waals surface area contributed by atoms with Gasteiger partial charge in [0.25, 0.3) is 0 Å². The van der Waals surface area contributed by atoms with Crippen LogP contribution >= 0.6 is 0 Å². The Morgan fingerprint density at radius 3 is 2.14 bits per heavy atom. The lowest BCUT2D eigenvalue weighted by atomic mass is 10.2. The molecule has 1 rings (SSSR count). The van der Waals surface area contributed by atoms with Crippen molar-refractivity contribution in [3.05, 3.63) is 18.2 Å². The third kappa shape index (κ3) is 6.69. The van der Waals surface area contributed by atoms with E-state index in [1.54, 1.807) is 14.2 Å². The van der Waals surface area contributed by atoms with E-state index in [0.29, 0.717) is 30.5 Å². The topological polar surface area (TPSA) is 62.9 Å². The third-order valence-corrected chi connectivity index (χ3v) is 3.05. The standard InChI is InChI=1S/C16H27NO4/c1-18-14-8-6-9-15(19-2)16(14)21-13-7-12-20-11-5-3-4-10-17/h6,8-9H,3-5,7,10-13,17H2,1-2H3. The number of rotatable bonds is 12. The molecule has 2 N–H and O–H groups in total. The predicted octanol–water partition coefficient (Wildman–Crippen LogP) is 2.62. The van der Waals surface area contributed by atoms with Crippen LogP contribution in [0.5, 0.6) is 17.2 Å². The molecular weight excluding hydrogens is 270 g/mol. The first kappa shape index (κ1) is 17.6. The highest BCUT2D eigenvalue weighted by Crippen LogP contribution is 2.36. The summed E-state index contributed by atoms with van der Waals surface area (Å²) in [5.41, 5.74) is 5.43. The summed E-state index contributed by atoms with van der Waals surface area (Å²) in [7, 11) is 3.23. The fourth-order valence-electron chi connectivity index (χ4n) is 1.92. The van der Waals surface area contributed by atoms with Crippen LogP contribution in [0, 0.1) is 0 Å². The van der Waals surface area contributed by atoms with Crippen LogP contribution in [-0.4, -0.2) is 40.6 Å². The lowest BCUT2D eigenvalue weighted by Crippen LogP contribution is -2.06. The van der Waals surface area contributed by atoms with Crippen LogP contribution in [-0.2, 0) is 4.74 Å². The smallest absolute Gasteiger partial charge is 0.203 e. The number of methoxy groups -OCH3 is 2. The van der Waals surface area contributed by atoms with Gasteiger partial charge in [-0.3, -0.25) is 0 Å². The van der Waals surface area contributed by atoms with Crippen molar-refractivity contribution < 1.29 is 18.9 Å². The maximum Gasteiger partial charge on any atom is 0.203 e. The van der Waals surface area contributed by atoms with Crippen LogP contribution < -0.4 is 19.9 Å². The molecular formula is C16H27NO4. The number of nitrogens with two attached hydrogens (primary N) is 1. The number of unbranched alkanes of at least 4 members (excludes halogenated alkanes) is 2. The number of hydrogen-bond donors (Lipinski definition) is 1. The predicted molar refractivity (Wildman–Crippen MR) is 83.4 cm³/mol. The molecule has 21 heavy (non-hydrogen) atoms. The Hall–Kier alpha value is -1.46. The molecule has 0 aliphatic carbocycles. The zero-order valence-corrected chi connectivity index (χ0v) is 13.1. The Labute approximate surface area is 127 Å². The van der Waals surface area contributed by atoms with Crippen molar-refractivity contribution in [2.24, 2.45) is 5.73 Å². The lowest BCUT2D eigenvalue weighted by molar-refractivity contribution is 0.115. The average Bonchev–Trinajstić information content (AvgIpc) is 2.53. The minimum Gasteiger partial charge on any atom is -0.493 e. The molecule has 0 saturated carbocycles. The second-order valence-electron chi connectivity index (χ2n) is 4.66. The first-order chi connectivity index (χ1) is 10.3. The molecule has 0 atom stereocenters. The molecule has 0 aromatic heterocycles. The molecule has 0 aliphatic rings. The summed E-state index contributed by atoms with van der Waals surface area (Å²) in [6, 6.07) is 5.58. The van der Waals surface area contributed by atoms with E-state index in [0.717, 1.165) is 38.8 Å². The molecule has 0 saturated heterocycles. The number of ether oxygens (including phenoxy) is 4. The maximum atomic E-state index is 5.75. The molecule has 1 aromatic rings. The summed E-state index contributed by atoms with van der Waals surface area (Å²) in [4.78, 5) is 0. The van der Waals surface area contributed by atoms with Gasteiger partial charge in [0.05, 0.1) is 20.8 Å². The molecule has 0 fully saturated rings. The molecule has 120 valence electrons. The second kappa shape index (κ2) is 11.2. The van der Waals surface area contributed by atoms with Gasteiger partial charge in [-0.05, 0) is 37.9 Å². The third-order valence-electron chi connectivity index (χ3n) is 3.05. The van der Waals surface area contributed by atoms with E-state index in [2.05, 4.69) is 0 Å². The van der Waals surface area contributed by atoms with Gasteiger partial charge in [-0.2, -0.15) is 0 Å². The van der Waals surface area contributed by atoms with Crippen molar-refractivity contribution in [3.63, 3.8) is 0 Å². The molecule has 0 amide bonds. The number of benzene rings is 1.